The van der Waals surface area contributed by atoms with Crippen LogP contribution in [0.1, 0.15) is 32.9 Å². The fourth-order valence-corrected chi connectivity index (χ4v) is 2.46. The SMILES string of the molecule is Cc1cc(C)c(-c2c(C(=O)O)n[nH]c2C)c(C)c1. The van der Waals surface area contributed by atoms with Crippen molar-refractivity contribution >= 4 is 5.97 Å². The number of rotatable bonds is 2. The predicted octanol–water partition coefficient (Wildman–Crippen LogP) is 3.01. The van der Waals surface area contributed by atoms with E-state index in [1.54, 1.807) is 0 Å². The highest BCUT2D eigenvalue weighted by Gasteiger charge is 2.21. The predicted molar refractivity (Wildman–Crippen MR) is 69.9 cm³/mol. The zero-order chi connectivity index (χ0) is 13.4. The molecular weight excluding hydrogens is 228 g/mol. The summed E-state index contributed by atoms with van der Waals surface area (Å²) in [5, 5.41) is 15.8. The summed E-state index contributed by atoms with van der Waals surface area (Å²) in [6.07, 6.45) is 0. The van der Waals surface area contributed by atoms with Gasteiger partial charge < -0.3 is 5.11 Å². The first kappa shape index (κ1) is 12.4. The Bertz CT molecular complexity index is 604. The number of aromatic nitrogens is 2. The van der Waals surface area contributed by atoms with Crippen LogP contribution in [-0.4, -0.2) is 21.3 Å². The van der Waals surface area contributed by atoms with Crippen LogP contribution >= 0.6 is 0 Å². The Morgan fingerprint density at radius 2 is 1.67 bits per heavy atom. The second kappa shape index (κ2) is 4.29. The van der Waals surface area contributed by atoms with E-state index in [1.807, 2.05) is 27.7 Å². The molecule has 0 radical (unpaired) electrons. The van der Waals surface area contributed by atoms with Crippen LogP contribution in [0, 0.1) is 27.7 Å². The van der Waals surface area contributed by atoms with E-state index in [0.717, 1.165) is 22.4 Å². The van der Waals surface area contributed by atoms with Gasteiger partial charge in [0.1, 0.15) is 0 Å². The van der Waals surface area contributed by atoms with Gasteiger partial charge in [-0.1, -0.05) is 17.7 Å². The largest absolute Gasteiger partial charge is 0.476 e. The van der Waals surface area contributed by atoms with Crippen molar-refractivity contribution in [2.24, 2.45) is 0 Å². The summed E-state index contributed by atoms with van der Waals surface area (Å²) in [4.78, 5) is 11.2. The molecule has 94 valence electrons. The van der Waals surface area contributed by atoms with Crippen molar-refractivity contribution in [1.82, 2.24) is 10.2 Å². The number of carbonyl (C=O) groups is 1. The second-order valence-electron chi connectivity index (χ2n) is 4.65. The Morgan fingerprint density at radius 3 is 2.17 bits per heavy atom. The molecule has 2 aromatic rings. The van der Waals surface area contributed by atoms with Crippen LogP contribution < -0.4 is 0 Å². The van der Waals surface area contributed by atoms with Gasteiger partial charge in [-0.3, -0.25) is 5.10 Å². The zero-order valence-corrected chi connectivity index (χ0v) is 11.0. The Labute approximate surface area is 106 Å². The summed E-state index contributed by atoms with van der Waals surface area (Å²) >= 11 is 0. The van der Waals surface area contributed by atoms with Crippen molar-refractivity contribution in [3.63, 3.8) is 0 Å². The Hall–Kier alpha value is -2.10. The highest BCUT2D eigenvalue weighted by atomic mass is 16.4. The summed E-state index contributed by atoms with van der Waals surface area (Å²) in [5.74, 6) is -1.01. The molecule has 0 atom stereocenters. The molecule has 0 aliphatic heterocycles. The highest BCUT2D eigenvalue weighted by Crippen LogP contribution is 2.32. The van der Waals surface area contributed by atoms with E-state index < -0.39 is 5.97 Å². The molecule has 18 heavy (non-hydrogen) atoms. The number of carboxylic acid groups (broad SMARTS) is 1. The fraction of sp³-hybridized carbons (Fsp3) is 0.286. The third-order valence-corrected chi connectivity index (χ3v) is 3.08. The molecule has 4 nitrogen and oxygen atoms in total. The summed E-state index contributed by atoms with van der Waals surface area (Å²) in [5.41, 5.74) is 5.83. The number of H-pyrrole nitrogens is 1. The molecule has 0 saturated heterocycles. The topological polar surface area (TPSA) is 66.0 Å². The van der Waals surface area contributed by atoms with Crippen molar-refractivity contribution < 1.29 is 9.90 Å². The first-order valence-electron chi connectivity index (χ1n) is 5.78. The lowest BCUT2D eigenvalue weighted by Crippen LogP contribution is -2.01. The number of hydrogen-bond donors (Lipinski definition) is 2. The maximum Gasteiger partial charge on any atom is 0.357 e. The van der Waals surface area contributed by atoms with Gasteiger partial charge in [-0.05, 0) is 44.4 Å². The lowest BCUT2D eigenvalue weighted by atomic mass is 9.92. The first-order valence-corrected chi connectivity index (χ1v) is 5.78. The molecule has 1 aromatic heterocycles. The van der Waals surface area contributed by atoms with Crippen molar-refractivity contribution in [2.45, 2.75) is 27.7 Å². The molecule has 0 aliphatic rings. The van der Waals surface area contributed by atoms with E-state index in [4.69, 9.17) is 0 Å². The molecule has 2 rings (SSSR count). The smallest absolute Gasteiger partial charge is 0.357 e. The molecule has 0 spiro atoms. The molecule has 1 heterocycles. The Balaban J connectivity index is 2.77. The monoisotopic (exact) mass is 244 g/mol. The maximum absolute atomic E-state index is 11.2. The first-order chi connectivity index (χ1) is 8.41. The average molecular weight is 244 g/mol. The van der Waals surface area contributed by atoms with Crippen molar-refractivity contribution in [3.05, 3.63) is 40.2 Å². The van der Waals surface area contributed by atoms with Gasteiger partial charge in [-0.25, -0.2) is 4.79 Å². The van der Waals surface area contributed by atoms with Crippen LogP contribution in [0.4, 0.5) is 0 Å². The lowest BCUT2D eigenvalue weighted by molar-refractivity contribution is 0.0691. The van der Waals surface area contributed by atoms with E-state index >= 15 is 0 Å². The van der Waals surface area contributed by atoms with Crippen molar-refractivity contribution in [3.8, 4) is 11.1 Å². The second-order valence-corrected chi connectivity index (χ2v) is 4.65. The maximum atomic E-state index is 11.2. The van der Waals surface area contributed by atoms with E-state index in [2.05, 4.69) is 22.3 Å². The quantitative estimate of drug-likeness (QED) is 0.853. The minimum atomic E-state index is -1.01. The molecule has 0 saturated carbocycles. The molecular formula is C14H16N2O2. The zero-order valence-electron chi connectivity index (χ0n) is 11.0. The number of hydrogen-bond acceptors (Lipinski definition) is 2. The normalized spacial score (nSPS) is 10.7. The van der Waals surface area contributed by atoms with Gasteiger partial charge in [0.25, 0.3) is 0 Å². The summed E-state index contributed by atoms with van der Waals surface area (Å²) in [7, 11) is 0. The molecule has 0 amide bonds. The third-order valence-electron chi connectivity index (χ3n) is 3.08. The van der Waals surface area contributed by atoms with Gasteiger partial charge in [0.15, 0.2) is 5.69 Å². The van der Waals surface area contributed by atoms with E-state index in [1.165, 1.54) is 5.56 Å². The molecule has 0 aliphatic carbocycles. The summed E-state index contributed by atoms with van der Waals surface area (Å²) in [6, 6.07) is 4.11. The van der Waals surface area contributed by atoms with Crippen LogP contribution in [0.2, 0.25) is 0 Å². The highest BCUT2D eigenvalue weighted by molar-refractivity contribution is 5.95. The van der Waals surface area contributed by atoms with Gasteiger partial charge in [0.2, 0.25) is 0 Å². The number of benzene rings is 1. The standard InChI is InChI=1S/C14H16N2O2/c1-7-5-8(2)11(9(3)6-7)12-10(4)15-16-13(12)14(17)18/h5-6H,1-4H3,(H,15,16)(H,17,18). The van der Waals surface area contributed by atoms with Gasteiger partial charge in [-0.15, -0.1) is 0 Å². The lowest BCUT2D eigenvalue weighted by Gasteiger charge is -2.11. The molecule has 2 N–H and O–H groups in total. The van der Waals surface area contributed by atoms with E-state index in [9.17, 15) is 9.90 Å². The van der Waals surface area contributed by atoms with Crippen LogP contribution in [-0.2, 0) is 0 Å². The van der Waals surface area contributed by atoms with Crippen LogP contribution in [0.3, 0.4) is 0 Å². The minimum Gasteiger partial charge on any atom is -0.476 e. The van der Waals surface area contributed by atoms with Crippen molar-refractivity contribution in [2.75, 3.05) is 0 Å². The molecule has 0 unspecified atom stereocenters. The number of aromatic amines is 1. The van der Waals surface area contributed by atoms with Crippen LogP contribution in [0.15, 0.2) is 12.1 Å². The van der Waals surface area contributed by atoms with E-state index in [0.29, 0.717) is 5.56 Å². The van der Waals surface area contributed by atoms with E-state index in [-0.39, 0.29) is 5.69 Å². The Kier molecular flexibility index (Phi) is 2.95. The molecule has 1 aromatic carbocycles. The molecule has 0 fully saturated rings. The average Bonchev–Trinajstić information content (AvgIpc) is 2.59. The van der Waals surface area contributed by atoms with Gasteiger partial charge in [0.05, 0.1) is 0 Å². The Morgan fingerprint density at radius 1 is 1.11 bits per heavy atom. The summed E-state index contributed by atoms with van der Waals surface area (Å²) < 4.78 is 0. The number of carboxylic acids is 1. The van der Waals surface area contributed by atoms with Gasteiger partial charge >= 0.3 is 5.97 Å². The van der Waals surface area contributed by atoms with Crippen LogP contribution in [0.5, 0.6) is 0 Å². The number of nitrogens with one attached hydrogen (secondary N) is 1. The van der Waals surface area contributed by atoms with Crippen molar-refractivity contribution in [1.29, 1.82) is 0 Å². The van der Waals surface area contributed by atoms with Gasteiger partial charge in [0, 0.05) is 11.3 Å². The van der Waals surface area contributed by atoms with Gasteiger partial charge in [-0.2, -0.15) is 5.10 Å². The molecule has 4 heteroatoms. The summed E-state index contributed by atoms with van der Waals surface area (Å²) in [6.45, 7) is 7.86. The molecule has 0 bridgehead atoms. The number of aryl methyl sites for hydroxylation is 4. The third kappa shape index (κ3) is 1.90. The van der Waals surface area contributed by atoms with Crippen LogP contribution in [0.25, 0.3) is 11.1 Å². The number of aromatic carboxylic acids is 1. The fourth-order valence-electron chi connectivity index (χ4n) is 2.46. The number of nitrogens with zero attached hydrogens (tertiary/aromatic N) is 1. The minimum absolute atomic E-state index is 0.0857.